The molecule has 0 N–H and O–H groups in total. The summed E-state index contributed by atoms with van der Waals surface area (Å²) in [5.74, 6) is 0.305. The molecule has 1 amide bonds. The molecule has 0 aliphatic carbocycles. The van der Waals surface area contributed by atoms with Crippen LogP contribution in [0.5, 0.6) is 0 Å². The van der Waals surface area contributed by atoms with E-state index in [0.717, 1.165) is 23.2 Å². The highest BCUT2D eigenvalue weighted by molar-refractivity contribution is 9.10. The maximum Gasteiger partial charge on any atom is 0.276 e. The lowest BCUT2D eigenvalue weighted by atomic mass is 10.2. The van der Waals surface area contributed by atoms with Crippen molar-refractivity contribution in [2.45, 2.75) is 5.16 Å². The minimum Gasteiger partial charge on any atom is -0.368 e. The van der Waals surface area contributed by atoms with Crippen molar-refractivity contribution in [3.05, 3.63) is 80.9 Å². The molecule has 1 saturated heterocycles. The molecule has 2 aromatic heterocycles. The van der Waals surface area contributed by atoms with Crippen molar-refractivity contribution in [1.29, 1.82) is 0 Å². The Balaban J connectivity index is 1.32. The zero-order valence-electron chi connectivity index (χ0n) is 17.7. The second-order valence-corrected chi connectivity index (χ2v) is 10.4. The molecule has 0 bridgehead atoms. The first-order valence-corrected chi connectivity index (χ1v) is 13.2. The van der Waals surface area contributed by atoms with Crippen LogP contribution in [0.15, 0.2) is 80.5 Å². The zero-order valence-corrected chi connectivity index (χ0v) is 20.9. The van der Waals surface area contributed by atoms with Crippen LogP contribution in [-0.4, -0.2) is 52.3 Å². The smallest absolute Gasteiger partial charge is 0.276 e. The minimum atomic E-state index is -0.108. The van der Waals surface area contributed by atoms with Crippen LogP contribution < -0.4 is 10.5 Å². The molecule has 1 aliphatic heterocycles. The molecule has 0 atom stereocenters. The molecule has 5 rings (SSSR count). The van der Waals surface area contributed by atoms with E-state index in [0.29, 0.717) is 28.5 Å². The van der Waals surface area contributed by atoms with Gasteiger partial charge in [0.15, 0.2) is 5.16 Å². The first-order chi connectivity index (χ1) is 16.1. The highest BCUT2D eigenvalue weighted by atomic mass is 79.9. The Bertz CT molecular complexity index is 1330. The number of hydrogen-bond acceptors (Lipinski definition) is 6. The predicted octanol–water partition coefficient (Wildman–Crippen LogP) is 4.65. The highest BCUT2D eigenvalue weighted by Crippen LogP contribution is 2.25. The molecule has 3 heterocycles. The number of rotatable bonds is 5. The van der Waals surface area contributed by atoms with Gasteiger partial charge in [-0.1, -0.05) is 45.9 Å². The Morgan fingerprint density at radius 2 is 1.70 bits per heavy atom. The molecule has 1 aliphatic rings. The van der Waals surface area contributed by atoms with Crippen LogP contribution in [0, 0.1) is 0 Å². The van der Waals surface area contributed by atoms with Crippen LogP contribution in [0.3, 0.4) is 0 Å². The largest absolute Gasteiger partial charge is 0.368 e. The van der Waals surface area contributed by atoms with Crippen LogP contribution in [0.1, 0.15) is 0 Å². The number of para-hydroxylation sites is 1. The number of piperazine rings is 1. The summed E-state index contributed by atoms with van der Waals surface area (Å²) in [7, 11) is 0. The maximum atomic E-state index is 13.2. The summed E-state index contributed by atoms with van der Waals surface area (Å²) in [5, 5.41) is 2.40. The lowest BCUT2D eigenvalue weighted by Gasteiger charge is -2.36. The summed E-state index contributed by atoms with van der Waals surface area (Å²) in [6.07, 6.45) is 0. The van der Waals surface area contributed by atoms with E-state index in [9.17, 15) is 9.59 Å². The number of halogens is 1. The summed E-state index contributed by atoms with van der Waals surface area (Å²) in [5.41, 5.74) is 2.48. The number of benzene rings is 2. The predicted molar refractivity (Wildman–Crippen MR) is 139 cm³/mol. The summed E-state index contributed by atoms with van der Waals surface area (Å²) < 4.78 is 3.16. The Hall–Kier alpha value is -2.62. The van der Waals surface area contributed by atoms with Crippen molar-refractivity contribution in [2.24, 2.45) is 0 Å². The average Bonchev–Trinajstić information content (AvgIpc) is 3.33. The highest BCUT2D eigenvalue weighted by Gasteiger charge is 2.22. The number of fused-ring (bicyclic) bond motifs is 1. The topological polar surface area (TPSA) is 58.4 Å². The van der Waals surface area contributed by atoms with E-state index in [-0.39, 0.29) is 17.2 Å². The van der Waals surface area contributed by atoms with Crippen molar-refractivity contribution in [2.75, 3.05) is 36.8 Å². The van der Waals surface area contributed by atoms with Gasteiger partial charge >= 0.3 is 0 Å². The molecule has 6 nitrogen and oxygen atoms in total. The Morgan fingerprint density at radius 3 is 2.42 bits per heavy atom. The van der Waals surface area contributed by atoms with Crippen LogP contribution in [0.25, 0.3) is 15.9 Å². The summed E-state index contributed by atoms with van der Waals surface area (Å²) in [6.45, 7) is 2.99. The first-order valence-electron chi connectivity index (χ1n) is 10.6. The van der Waals surface area contributed by atoms with Crippen molar-refractivity contribution in [3.8, 4) is 5.69 Å². The number of thiophene rings is 1. The number of thioether (sulfide) groups is 1. The van der Waals surface area contributed by atoms with E-state index in [4.69, 9.17) is 4.98 Å². The molecule has 168 valence electrons. The van der Waals surface area contributed by atoms with Crippen molar-refractivity contribution in [3.63, 3.8) is 0 Å². The third kappa shape index (κ3) is 4.71. The quantitative estimate of drug-likeness (QED) is 0.272. The molecule has 1 fully saturated rings. The van der Waals surface area contributed by atoms with Gasteiger partial charge in [0.25, 0.3) is 5.56 Å². The normalized spacial score (nSPS) is 14.1. The Kier molecular flexibility index (Phi) is 6.52. The van der Waals surface area contributed by atoms with Gasteiger partial charge < -0.3 is 9.80 Å². The van der Waals surface area contributed by atoms with Crippen molar-refractivity contribution >= 4 is 60.8 Å². The molecule has 0 spiro atoms. The summed E-state index contributed by atoms with van der Waals surface area (Å²) in [4.78, 5) is 35.1. The van der Waals surface area contributed by atoms with Gasteiger partial charge in [0, 0.05) is 36.3 Å². The van der Waals surface area contributed by atoms with Gasteiger partial charge in [0.1, 0.15) is 4.70 Å². The molecule has 33 heavy (non-hydrogen) atoms. The van der Waals surface area contributed by atoms with Gasteiger partial charge in [0.05, 0.1) is 17.0 Å². The number of nitrogens with zero attached hydrogens (tertiary/aromatic N) is 4. The number of carbonyl (C=O) groups excluding carboxylic acids is 1. The Morgan fingerprint density at radius 1 is 0.970 bits per heavy atom. The third-order valence-corrected chi connectivity index (χ3v) is 7.96. The second kappa shape index (κ2) is 9.70. The van der Waals surface area contributed by atoms with Gasteiger partial charge in [-0.2, -0.15) is 0 Å². The maximum absolute atomic E-state index is 13.2. The van der Waals surface area contributed by atoms with E-state index in [1.165, 1.54) is 28.8 Å². The van der Waals surface area contributed by atoms with Gasteiger partial charge in [-0.05, 0) is 47.8 Å². The minimum absolute atomic E-state index is 0.0646. The number of anilines is 1. The van der Waals surface area contributed by atoms with Crippen LogP contribution >= 0.6 is 39.0 Å². The molecule has 0 unspecified atom stereocenters. The Labute approximate surface area is 208 Å². The van der Waals surface area contributed by atoms with Gasteiger partial charge in [-0.15, -0.1) is 11.3 Å². The van der Waals surface area contributed by atoms with E-state index < -0.39 is 0 Å². The standard InChI is InChI=1S/C24H21BrN4O2S2/c25-17-6-8-19(9-7-17)29-23(31)22-20(10-15-32-22)26-24(29)33-16-21(30)28-13-11-27(12-14-28)18-4-2-1-3-5-18/h1-10,15H,11-14,16H2. The van der Waals surface area contributed by atoms with E-state index in [2.05, 4.69) is 33.0 Å². The first kappa shape index (κ1) is 22.2. The van der Waals surface area contributed by atoms with E-state index >= 15 is 0 Å². The fraction of sp³-hybridized carbons (Fsp3) is 0.208. The molecule has 2 aromatic carbocycles. The van der Waals surface area contributed by atoms with E-state index in [1.807, 2.05) is 58.8 Å². The molecule has 0 saturated carbocycles. The summed E-state index contributed by atoms with van der Waals surface area (Å²) in [6, 6.07) is 19.7. The number of carbonyl (C=O) groups is 1. The monoisotopic (exact) mass is 540 g/mol. The average molecular weight is 541 g/mol. The fourth-order valence-electron chi connectivity index (χ4n) is 3.88. The van der Waals surface area contributed by atoms with E-state index in [1.54, 1.807) is 4.57 Å². The summed E-state index contributed by atoms with van der Waals surface area (Å²) >= 11 is 6.15. The van der Waals surface area contributed by atoms with Gasteiger partial charge in [-0.25, -0.2) is 4.98 Å². The zero-order chi connectivity index (χ0) is 22.8. The lowest BCUT2D eigenvalue weighted by Crippen LogP contribution is -2.49. The molecular formula is C24H21BrN4O2S2. The second-order valence-electron chi connectivity index (χ2n) is 7.64. The third-order valence-electron chi connectivity index (χ3n) is 5.61. The SMILES string of the molecule is O=C(CSc1nc2ccsc2c(=O)n1-c1ccc(Br)cc1)N1CCN(c2ccccc2)CC1. The molecule has 0 radical (unpaired) electrons. The lowest BCUT2D eigenvalue weighted by molar-refractivity contribution is -0.128. The number of amides is 1. The van der Waals surface area contributed by atoms with Gasteiger partial charge in [-0.3, -0.25) is 14.2 Å². The van der Waals surface area contributed by atoms with Crippen LogP contribution in [0.2, 0.25) is 0 Å². The molecular weight excluding hydrogens is 520 g/mol. The fourth-order valence-corrected chi connectivity index (χ4v) is 5.82. The molecule has 4 aromatic rings. The van der Waals surface area contributed by atoms with Gasteiger partial charge in [0.2, 0.25) is 5.91 Å². The van der Waals surface area contributed by atoms with Crippen LogP contribution in [-0.2, 0) is 4.79 Å². The van der Waals surface area contributed by atoms with Crippen molar-refractivity contribution < 1.29 is 4.79 Å². The number of aromatic nitrogens is 2. The molecule has 9 heteroatoms. The number of hydrogen-bond donors (Lipinski definition) is 0. The van der Waals surface area contributed by atoms with Crippen molar-refractivity contribution in [1.82, 2.24) is 14.5 Å². The van der Waals surface area contributed by atoms with Crippen LogP contribution in [0.4, 0.5) is 5.69 Å².